The van der Waals surface area contributed by atoms with Gasteiger partial charge in [0.25, 0.3) is 8.32 Å². The molecule has 2 aromatic rings. The number of benzene rings is 2. The van der Waals surface area contributed by atoms with Gasteiger partial charge in [-0.25, -0.2) is 0 Å². The van der Waals surface area contributed by atoms with E-state index in [4.69, 9.17) is 13.9 Å². The van der Waals surface area contributed by atoms with Gasteiger partial charge >= 0.3 is 5.97 Å². The third kappa shape index (κ3) is 3.24. The van der Waals surface area contributed by atoms with Crippen LogP contribution in [-0.2, 0) is 23.5 Å². The van der Waals surface area contributed by atoms with Crippen LogP contribution in [0.3, 0.4) is 0 Å². The van der Waals surface area contributed by atoms with Crippen molar-refractivity contribution in [3.05, 3.63) is 60.7 Å². The fourth-order valence-corrected chi connectivity index (χ4v) is 11.1. The van der Waals surface area contributed by atoms with E-state index in [-0.39, 0.29) is 17.2 Å². The van der Waals surface area contributed by atoms with Crippen LogP contribution in [0.15, 0.2) is 60.7 Å². The fourth-order valence-electron chi connectivity index (χ4n) is 5.25. The van der Waals surface area contributed by atoms with E-state index >= 15 is 0 Å². The lowest BCUT2D eigenvalue weighted by Crippen LogP contribution is -2.72. The molecule has 7 heteroatoms. The van der Waals surface area contributed by atoms with Crippen LogP contribution in [0.5, 0.6) is 0 Å². The zero-order chi connectivity index (χ0) is 23.4. The highest BCUT2D eigenvalue weighted by molar-refractivity contribution is 9.10. The second-order valence-corrected chi connectivity index (χ2v) is 15.0. The van der Waals surface area contributed by atoms with E-state index in [0.717, 1.165) is 10.4 Å². The lowest BCUT2D eigenvalue weighted by atomic mass is 9.79. The van der Waals surface area contributed by atoms with Crippen LogP contribution in [0.4, 0.5) is 0 Å². The monoisotopic (exact) mass is 516 g/mol. The summed E-state index contributed by atoms with van der Waals surface area (Å²) in [5, 5.41) is 1.76. The number of rotatable bonds is 5. The molecule has 5 nitrogen and oxygen atoms in total. The van der Waals surface area contributed by atoms with Crippen molar-refractivity contribution in [2.24, 2.45) is 5.92 Å². The molecule has 2 saturated heterocycles. The highest BCUT2D eigenvalue weighted by Gasteiger charge is 2.75. The number of methoxy groups -OCH3 is 1. The highest BCUT2D eigenvalue weighted by atomic mass is 79.9. The quantitative estimate of drug-likeness (QED) is 0.345. The minimum absolute atomic E-state index is 0.101. The van der Waals surface area contributed by atoms with Gasteiger partial charge in [-0.05, 0) is 22.3 Å². The van der Waals surface area contributed by atoms with Crippen LogP contribution in [0.2, 0.25) is 5.04 Å². The van der Waals surface area contributed by atoms with E-state index in [9.17, 15) is 9.59 Å². The van der Waals surface area contributed by atoms with Crippen molar-refractivity contribution in [1.29, 1.82) is 0 Å². The molecule has 32 heavy (non-hydrogen) atoms. The molecule has 0 spiro atoms. The Hall–Kier alpha value is -1.80. The normalized spacial score (nSPS) is 29.9. The molecule has 0 aliphatic carbocycles. The Morgan fingerprint density at radius 2 is 1.56 bits per heavy atom. The van der Waals surface area contributed by atoms with Crippen LogP contribution in [-0.4, -0.2) is 43.4 Å². The van der Waals surface area contributed by atoms with Crippen molar-refractivity contribution >= 4 is 46.4 Å². The predicted molar refractivity (Wildman–Crippen MR) is 129 cm³/mol. The number of halogens is 1. The Balaban J connectivity index is 1.99. The molecule has 0 amide bonds. The molecule has 0 radical (unpaired) electrons. The third-order valence-electron chi connectivity index (χ3n) is 6.78. The van der Waals surface area contributed by atoms with E-state index in [2.05, 4.69) is 61.0 Å². The number of hydrogen-bond donors (Lipinski definition) is 0. The molecule has 2 aliphatic heterocycles. The number of carbonyl (C=O) groups is 2. The van der Waals surface area contributed by atoms with Gasteiger partial charge in [0, 0.05) is 6.42 Å². The first-order valence-corrected chi connectivity index (χ1v) is 13.6. The van der Waals surface area contributed by atoms with Crippen LogP contribution >= 0.6 is 15.9 Å². The van der Waals surface area contributed by atoms with Crippen LogP contribution < -0.4 is 10.4 Å². The number of fused-ring (bicyclic) bond motifs is 2. The number of alkyl halides is 1. The number of ether oxygens (including phenoxy) is 2. The maximum absolute atomic E-state index is 13.2. The molecule has 4 rings (SSSR count). The average molecular weight is 517 g/mol. The number of hydrogen-bond acceptors (Lipinski definition) is 5. The molecule has 0 unspecified atom stereocenters. The van der Waals surface area contributed by atoms with E-state index in [1.54, 1.807) is 6.92 Å². The Kier molecular flexibility index (Phi) is 5.77. The van der Waals surface area contributed by atoms with E-state index in [1.807, 2.05) is 36.4 Å². The summed E-state index contributed by atoms with van der Waals surface area (Å²) < 4.78 is 18.8. The van der Waals surface area contributed by atoms with Crippen molar-refractivity contribution < 1.29 is 23.5 Å². The zero-order valence-corrected chi connectivity index (χ0v) is 21.6. The summed E-state index contributed by atoms with van der Waals surface area (Å²) in [5.74, 6) is -2.70. The summed E-state index contributed by atoms with van der Waals surface area (Å²) in [7, 11) is -1.74. The molecule has 0 saturated carbocycles. The fraction of sp³-hybridized carbons (Fsp3) is 0.440. The summed E-state index contributed by atoms with van der Waals surface area (Å²) in [6, 6.07) is 20.2. The van der Waals surface area contributed by atoms with Gasteiger partial charge in [0.1, 0.15) is 16.3 Å². The van der Waals surface area contributed by atoms with E-state index in [0.29, 0.717) is 0 Å². The highest BCUT2D eigenvalue weighted by Crippen LogP contribution is 2.58. The molecule has 170 valence electrons. The molecule has 2 bridgehead atoms. The number of carbonyl (C=O) groups excluding carboxylic acids is 2. The maximum atomic E-state index is 13.2. The average Bonchev–Trinajstić information content (AvgIpc) is 3.19. The van der Waals surface area contributed by atoms with Crippen molar-refractivity contribution in [2.75, 3.05) is 7.11 Å². The Morgan fingerprint density at radius 3 is 1.97 bits per heavy atom. The van der Waals surface area contributed by atoms with Gasteiger partial charge in [0.2, 0.25) is 0 Å². The second-order valence-electron chi connectivity index (χ2n) is 9.83. The molecular formula is C25H29BrO5Si. The second kappa shape index (κ2) is 7.90. The smallest absolute Gasteiger partial charge is 0.314 e. The van der Waals surface area contributed by atoms with Gasteiger partial charge < -0.3 is 13.9 Å². The van der Waals surface area contributed by atoms with Crippen molar-refractivity contribution in [3.63, 3.8) is 0 Å². The minimum atomic E-state index is -3.10. The van der Waals surface area contributed by atoms with E-state index in [1.165, 1.54) is 7.11 Å². The van der Waals surface area contributed by atoms with Gasteiger partial charge in [0.05, 0.1) is 7.11 Å². The largest absolute Gasteiger partial charge is 0.469 e. The third-order valence-corrected chi connectivity index (χ3v) is 12.9. The maximum Gasteiger partial charge on any atom is 0.314 e. The topological polar surface area (TPSA) is 61.8 Å². The lowest BCUT2D eigenvalue weighted by Gasteiger charge is -2.49. The summed E-state index contributed by atoms with van der Waals surface area (Å²) in [6.45, 7) is 8.19. The van der Waals surface area contributed by atoms with Crippen molar-refractivity contribution in [2.45, 2.75) is 55.4 Å². The molecule has 0 aromatic heterocycles. The van der Waals surface area contributed by atoms with Crippen LogP contribution in [0, 0.1) is 5.92 Å². The zero-order valence-electron chi connectivity index (χ0n) is 19.1. The number of esters is 1. The molecule has 4 atom stereocenters. The van der Waals surface area contributed by atoms with Gasteiger partial charge in [-0.3, -0.25) is 9.59 Å². The van der Waals surface area contributed by atoms with Gasteiger partial charge in [0.15, 0.2) is 11.6 Å². The first-order chi connectivity index (χ1) is 15.0. The first kappa shape index (κ1) is 23.4. The SMILES string of the molecule is COC(=O)[C@H]1C[C@]2(C)O[C@@]1(O[Si](c1ccccc1)(c1ccccc1)C(C)(C)C)[C@@H](Br)C2=O. The summed E-state index contributed by atoms with van der Waals surface area (Å²) in [6.07, 6.45) is 0.235. The Labute approximate surface area is 198 Å². The Morgan fingerprint density at radius 1 is 1.06 bits per heavy atom. The first-order valence-electron chi connectivity index (χ1n) is 10.8. The minimum Gasteiger partial charge on any atom is -0.469 e. The van der Waals surface area contributed by atoms with Crippen LogP contribution in [0.1, 0.15) is 34.1 Å². The summed E-state index contributed by atoms with van der Waals surface area (Å²) in [5.41, 5.74) is -1.10. The molecule has 2 fully saturated rings. The summed E-state index contributed by atoms with van der Waals surface area (Å²) in [4.78, 5) is 25.3. The van der Waals surface area contributed by atoms with Gasteiger partial charge in [-0.2, -0.15) is 0 Å². The van der Waals surface area contributed by atoms with Crippen molar-refractivity contribution in [3.8, 4) is 0 Å². The van der Waals surface area contributed by atoms with E-state index < -0.39 is 36.4 Å². The predicted octanol–water partition coefficient (Wildman–Crippen LogP) is 3.57. The molecule has 2 aromatic carbocycles. The standard InChI is InChI=1S/C25H29BrO5Si/c1-23(2,3)32(17-12-8-6-9-13-17,18-14-10-7-11-15-18)31-25-19(22(28)29-5)16-24(4,30-25)21(27)20(25)26/h6-15,19-20H,16H2,1-5H3/t19-,20+,24+,25+/m1/s1. The Bertz CT molecular complexity index is 982. The van der Waals surface area contributed by atoms with Gasteiger partial charge in [-0.15, -0.1) is 0 Å². The molecule has 0 N–H and O–H groups in total. The van der Waals surface area contributed by atoms with Gasteiger partial charge in [-0.1, -0.05) is 97.4 Å². The summed E-state index contributed by atoms with van der Waals surface area (Å²) >= 11 is 3.57. The number of ketones is 1. The lowest BCUT2D eigenvalue weighted by molar-refractivity contribution is -0.192. The number of Topliss-reactive ketones (excluding diaryl/α,β-unsaturated/α-hetero) is 1. The molecular weight excluding hydrogens is 488 g/mol. The molecule has 2 aliphatic rings. The molecule has 2 heterocycles. The van der Waals surface area contributed by atoms with Crippen molar-refractivity contribution in [1.82, 2.24) is 0 Å². The van der Waals surface area contributed by atoms with Crippen LogP contribution in [0.25, 0.3) is 0 Å².